The van der Waals surface area contributed by atoms with Crippen molar-refractivity contribution < 1.29 is 14.3 Å². The van der Waals surface area contributed by atoms with Crippen molar-refractivity contribution in [2.45, 2.75) is 6.42 Å². The number of rotatable bonds is 3. The Balaban J connectivity index is 1.48. The van der Waals surface area contributed by atoms with Gasteiger partial charge in [0, 0.05) is 18.7 Å². The number of anilines is 1. The van der Waals surface area contributed by atoms with Crippen molar-refractivity contribution in [1.29, 1.82) is 0 Å². The maximum atomic E-state index is 12.5. The third kappa shape index (κ3) is 3.11. The summed E-state index contributed by atoms with van der Waals surface area (Å²) in [7, 11) is 0. The van der Waals surface area contributed by atoms with Gasteiger partial charge in [-0.15, -0.1) is 0 Å². The molecule has 124 valence electrons. The van der Waals surface area contributed by atoms with Crippen molar-refractivity contribution in [2.75, 3.05) is 11.4 Å². The van der Waals surface area contributed by atoms with Gasteiger partial charge in [0.15, 0.2) is 0 Å². The SMILES string of the molecule is O=C(Oc1ccc2ccccc2c1)[C@H]1CC(=O)N(c2ccccc2)C1. The second kappa shape index (κ2) is 6.40. The summed E-state index contributed by atoms with van der Waals surface area (Å²) in [6, 6.07) is 22.8. The molecule has 1 atom stereocenters. The molecule has 25 heavy (non-hydrogen) atoms. The number of ether oxygens (including phenoxy) is 1. The van der Waals surface area contributed by atoms with Gasteiger partial charge in [0.05, 0.1) is 5.92 Å². The van der Waals surface area contributed by atoms with Gasteiger partial charge in [0.25, 0.3) is 0 Å². The van der Waals surface area contributed by atoms with E-state index < -0.39 is 5.92 Å². The molecule has 4 rings (SSSR count). The zero-order chi connectivity index (χ0) is 17.2. The quantitative estimate of drug-likeness (QED) is 0.542. The molecule has 0 saturated carbocycles. The first-order valence-corrected chi connectivity index (χ1v) is 8.26. The van der Waals surface area contributed by atoms with Gasteiger partial charge in [-0.2, -0.15) is 0 Å². The lowest BCUT2D eigenvalue weighted by molar-refractivity contribution is -0.139. The Hall–Kier alpha value is -3.14. The zero-order valence-corrected chi connectivity index (χ0v) is 13.6. The highest BCUT2D eigenvalue weighted by Crippen LogP contribution is 2.27. The molecule has 1 heterocycles. The summed E-state index contributed by atoms with van der Waals surface area (Å²) >= 11 is 0. The van der Waals surface area contributed by atoms with Crippen LogP contribution in [0.3, 0.4) is 0 Å². The van der Waals surface area contributed by atoms with Crippen LogP contribution >= 0.6 is 0 Å². The van der Waals surface area contributed by atoms with Crippen molar-refractivity contribution >= 4 is 28.3 Å². The number of nitrogens with zero attached hydrogens (tertiary/aromatic N) is 1. The van der Waals surface area contributed by atoms with Gasteiger partial charge in [-0.25, -0.2) is 0 Å². The van der Waals surface area contributed by atoms with Crippen LogP contribution in [0.15, 0.2) is 72.8 Å². The number of hydrogen-bond acceptors (Lipinski definition) is 3. The average Bonchev–Trinajstić information content (AvgIpc) is 3.04. The Labute approximate surface area is 145 Å². The van der Waals surface area contributed by atoms with Gasteiger partial charge in [-0.3, -0.25) is 9.59 Å². The van der Waals surface area contributed by atoms with E-state index in [4.69, 9.17) is 4.74 Å². The number of fused-ring (bicyclic) bond motifs is 1. The Morgan fingerprint density at radius 3 is 2.44 bits per heavy atom. The number of carbonyl (C=O) groups is 2. The van der Waals surface area contributed by atoms with Gasteiger partial charge in [-0.05, 0) is 35.0 Å². The predicted octanol–water partition coefficient (Wildman–Crippen LogP) is 3.80. The number of esters is 1. The minimum Gasteiger partial charge on any atom is -0.426 e. The molecule has 0 aromatic heterocycles. The molecule has 3 aromatic carbocycles. The van der Waals surface area contributed by atoms with Crippen LogP contribution in [0, 0.1) is 5.92 Å². The van der Waals surface area contributed by atoms with Crippen LogP contribution in [0.25, 0.3) is 10.8 Å². The van der Waals surface area contributed by atoms with Crippen LogP contribution in [-0.2, 0) is 9.59 Å². The molecule has 1 fully saturated rings. The lowest BCUT2D eigenvalue weighted by Crippen LogP contribution is -2.27. The summed E-state index contributed by atoms with van der Waals surface area (Å²) in [6.07, 6.45) is 0.182. The van der Waals surface area contributed by atoms with E-state index in [0.717, 1.165) is 16.5 Å². The fourth-order valence-electron chi connectivity index (χ4n) is 3.15. The summed E-state index contributed by atoms with van der Waals surface area (Å²) < 4.78 is 5.52. The monoisotopic (exact) mass is 331 g/mol. The molecule has 1 aliphatic heterocycles. The lowest BCUT2D eigenvalue weighted by Gasteiger charge is -2.16. The minimum atomic E-state index is -0.445. The molecule has 0 N–H and O–H groups in total. The van der Waals surface area contributed by atoms with E-state index in [2.05, 4.69) is 0 Å². The molecule has 1 saturated heterocycles. The first-order valence-electron chi connectivity index (χ1n) is 8.26. The smallest absolute Gasteiger partial charge is 0.316 e. The van der Waals surface area contributed by atoms with E-state index in [-0.39, 0.29) is 18.3 Å². The van der Waals surface area contributed by atoms with E-state index in [1.54, 1.807) is 11.0 Å². The third-order valence-corrected chi connectivity index (χ3v) is 4.47. The molecule has 3 aromatic rings. The summed E-state index contributed by atoms with van der Waals surface area (Å²) in [5, 5.41) is 2.11. The van der Waals surface area contributed by atoms with E-state index in [1.165, 1.54) is 0 Å². The van der Waals surface area contributed by atoms with Gasteiger partial charge >= 0.3 is 5.97 Å². The maximum absolute atomic E-state index is 12.5. The number of amides is 1. The summed E-state index contributed by atoms with van der Waals surface area (Å²) in [6.45, 7) is 0.356. The molecule has 0 unspecified atom stereocenters. The Morgan fingerprint density at radius 2 is 1.64 bits per heavy atom. The summed E-state index contributed by atoms with van der Waals surface area (Å²) in [4.78, 5) is 26.4. The highest BCUT2D eigenvalue weighted by atomic mass is 16.5. The molecule has 0 radical (unpaired) electrons. The topological polar surface area (TPSA) is 46.6 Å². The van der Waals surface area contributed by atoms with E-state index in [1.807, 2.05) is 66.7 Å². The molecule has 4 heteroatoms. The second-order valence-corrected chi connectivity index (χ2v) is 6.17. The molecule has 1 aliphatic rings. The number of hydrogen-bond donors (Lipinski definition) is 0. The van der Waals surface area contributed by atoms with Gasteiger partial charge in [0.2, 0.25) is 5.91 Å². The molecule has 1 amide bonds. The maximum Gasteiger partial charge on any atom is 0.316 e. The molecule has 0 spiro atoms. The second-order valence-electron chi connectivity index (χ2n) is 6.17. The van der Waals surface area contributed by atoms with E-state index in [0.29, 0.717) is 12.3 Å². The third-order valence-electron chi connectivity index (χ3n) is 4.47. The van der Waals surface area contributed by atoms with E-state index in [9.17, 15) is 9.59 Å². The predicted molar refractivity (Wildman–Crippen MR) is 96.5 cm³/mol. The van der Waals surface area contributed by atoms with Crippen molar-refractivity contribution in [3.05, 3.63) is 72.8 Å². The normalized spacial score (nSPS) is 17.0. The lowest BCUT2D eigenvalue weighted by atomic mass is 10.1. The van der Waals surface area contributed by atoms with E-state index >= 15 is 0 Å². The first kappa shape index (κ1) is 15.4. The highest BCUT2D eigenvalue weighted by molar-refractivity contribution is 5.99. The van der Waals surface area contributed by atoms with Crippen LogP contribution in [0.2, 0.25) is 0 Å². The summed E-state index contributed by atoms with van der Waals surface area (Å²) in [5.41, 5.74) is 0.813. The van der Waals surface area contributed by atoms with Gasteiger partial charge < -0.3 is 9.64 Å². The van der Waals surface area contributed by atoms with Crippen LogP contribution in [0.4, 0.5) is 5.69 Å². The van der Waals surface area contributed by atoms with Crippen molar-refractivity contribution in [3.63, 3.8) is 0 Å². The van der Waals surface area contributed by atoms with Crippen molar-refractivity contribution in [1.82, 2.24) is 0 Å². The first-order chi connectivity index (χ1) is 12.2. The Bertz CT molecular complexity index is 936. The molecular formula is C21H17NO3. The van der Waals surface area contributed by atoms with Crippen LogP contribution in [0.1, 0.15) is 6.42 Å². The van der Waals surface area contributed by atoms with Crippen molar-refractivity contribution in [3.8, 4) is 5.75 Å². The van der Waals surface area contributed by atoms with Gasteiger partial charge in [0.1, 0.15) is 5.75 Å². The molecular weight excluding hydrogens is 314 g/mol. The van der Waals surface area contributed by atoms with Gasteiger partial charge in [-0.1, -0.05) is 48.5 Å². The number of benzene rings is 3. The van der Waals surface area contributed by atoms with Crippen LogP contribution in [0.5, 0.6) is 5.75 Å². The number of para-hydroxylation sites is 1. The Kier molecular flexibility index (Phi) is 3.94. The van der Waals surface area contributed by atoms with Crippen molar-refractivity contribution in [2.24, 2.45) is 5.92 Å². The average molecular weight is 331 g/mol. The number of carbonyl (C=O) groups excluding carboxylic acids is 2. The minimum absolute atomic E-state index is 0.0494. The largest absolute Gasteiger partial charge is 0.426 e. The highest BCUT2D eigenvalue weighted by Gasteiger charge is 2.36. The van der Waals surface area contributed by atoms with Crippen LogP contribution in [-0.4, -0.2) is 18.4 Å². The molecule has 4 nitrogen and oxygen atoms in total. The fraction of sp³-hybridized carbons (Fsp3) is 0.143. The Morgan fingerprint density at radius 1 is 0.920 bits per heavy atom. The fourth-order valence-corrected chi connectivity index (χ4v) is 3.15. The summed E-state index contributed by atoms with van der Waals surface area (Å²) in [5.74, 6) is -0.345. The standard InChI is InChI=1S/C21H17NO3/c23-20-13-17(14-22(20)18-8-2-1-3-9-18)21(24)25-19-11-10-15-6-4-5-7-16(15)12-19/h1-12,17H,13-14H2/t17-/m0/s1. The zero-order valence-electron chi connectivity index (χ0n) is 13.6. The molecule has 0 aliphatic carbocycles. The van der Waals surface area contributed by atoms with Crippen LogP contribution < -0.4 is 9.64 Å². The molecule has 0 bridgehead atoms.